The molecular formula is C15H21ClN2O. The van der Waals surface area contributed by atoms with Crippen molar-refractivity contribution in [1.29, 1.82) is 0 Å². The zero-order valence-corrected chi connectivity index (χ0v) is 12.5. The first-order chi connectivity index (χ1) is 8.96. The highest BCUT2D eigenvalue weighted by Gasteiger charge is 2.36. The molecule has 2 rings (SSSR count). The monoisotopic (exact) mass is 280 g/mol. The number of pyridine rings is 1. The smallest absolute Gasteiger partial charge is 0.251 e. The Balaban J connectivity index is 2.19. The van der Waals surface area contributed by atoms with Gasteiger partial charge >= 0.3 is 0 Å². The van der Waals surface area contributed by atoms with E-state index in [2.05, 4.69) is 17.2 Å². The van der Waals surface area contributed by atoms with Crippen LogP contribution in [-0.4, -0.2) is 16.4 Å². The summed E-state index contributed by atoms with van der Waals surface area (Å²) in [5, 5.41) is 3.55. The van der Waals surface area contributed by atoms with Crippen LogP contribution in [0.15, 0.2) is 12.1 Å². The van der Waals surface area contributed by atoms with E-state index in [0.29, 0.717) is 10.7 Å². The highest BCUT2D eigenvalue weighted by Crippen LogP contribution is 2.35. The van der Waals surface area contributed by atoms with Crippen LogP contribution >= 0.6 is 11.6 Å². The minimum Gasteiger partial charge on any atom is -0.347 e. The lowest BCUT2D eigenvalue weighted by atomic mass is 9.74. The number of halogens is 1. The van der Waals surface area contributed by atoms with Crippen molar-refractivity contribution in [1.82, 2.24) is 10.3 Å². The summed E-state index contributed by atoms with van der Waals surface area (Å²) in [7, 11) is 0. The fraction of sp³-hybridized carbons (Fsp3) is 0.600. The second kappa shape index (κ2) is 5.49. The minimum absolute atomic E-state index is 0.00479. The fourth-order valence-corrected chi connectivity index (χ4v) is 2.64. The molecule has 0 aromatic carbocycles. The molecule has 1 aliphatic carbocycles. The van der Waals surface area contributed by atoms with E-state index in [1.165, 1.54) is 6.42 Å². The van der Waals surface area contributed by atoms with Crippen molar-refractivity contribution in [2.45, 2.75) is 57.9 Å². The number of amides is 1. The topological polar surface area (TPSA) is 42.0 Å². The molecule has 0 bridgehead atoms. The summed E-state index contributed by atoms with van der Waals surface area (Å²) in [5.41, 5.74) is 1.48. The largest absolute Gasteiger partial charge is 0.347 e. The maximum absolute atomic E-state index is 12.3. The molecule has 104 valence electrons. The van der Waals surface area contributed by atoms with E-state index in [9.17, 15) is 4.79 Å². The first kappa shape index (κ1) is 14.3. The van der Waals surface area contributed by atoms with E-state index < -0.39 is 0 Å². The number of hydrogen-bond donors (Lipinski definition) is 1. The molecule has 0 radical (unpaired) electrons. The Morgan fingerprint density at radius 3 is 2.63 bits per heavy atom. The molecule has 0 spiro atoms. The Morgan fingerprint density at radius 1 is 1.47 bits per heavy atom. The molecule has 19 heavy (non-hydrogen) atoms. The zero-order valence-electron chi connectivity index (χ0n) is 11.8. The van der Waals surface area contributed by atoms with Crippen molar-refractivity contribution in [3.63, 3.8) is 0 Å². The molecule has 1 amide bonds. The van der Waals surface area contributed by atoms with Gasteiger partial charge in [0.15, 0.2) is 0 Å². The molecule has 1 heterocycles. The average Bonchev–Trinajstić information content (AvgIpc) is 2.32. The first-order valence-electron chi connectivity index (χ1n) is 6.96. The summed E-state index contributed by atoms with van der Waals surface area (Å²) in [6.45, 7) is 6.21. The molecule has 0 atom stereocenters. The van der Waals surface area contributed by atoms with Gasteiger partial charge in [-0.15, -0.1) is 0 Å². The van der Waals surface area contributed by atoms with E-state index in [-0.39, 0.29) is 17.4 Å². The molecule has 0 aliphatic heterocycles. The molecule has 1 aliphatic rings. The van der Waals surface area contributed by atoms with E-state index in [0.717, 1.165) is 25.0 Å². The van der Waals surface area contributed by atoms with Gasteiger partial charge in [0.25, 0.3) is 5.91 Å². The van der Waals surface area contributed by atoms with Crippen LogP contribution in [0, 0.1) is 0 Å². The molecule has 0 saturated heterocycles. The van der Waals surface area contributed by atoms with Crippen molar-refractivity contribution >= 4 is 17.5 Å². The average molecular weight is 281 g/mol. The van der Waals surface area contributed by atoms with Crippen LogP contribution in [0.4, 0.5) is 0 Å². The fourth-order valence-electron chi connectivity index (χ4n) is 2.43. The van der Waals surface area contributed by atoms with E-state index in [1.54, 1.807) is 6.07 Å². The van der Waals surface area contributed by atoms with Gasteiger partial charge in [0, 0.05) is 16.8 Å². The number of aromatic nitrogens is 1. The van der Waals surface area contributed by atoms with Crippen LogP contribution in [0.2, 0.25) is 5.15 Å². The molecular weight excluding hydrogens is 260 g/mol. The standard InChI is InChI=1S/C15H21ClN2O/c1-4-15(6-5-7-15)18-14(19)11-8-12(10(2)3)17-13(16)9-11/h8-10H,4-7H2,1-3H3,(H,18,19). The number of nitrogens with one attached hydrogen (secondary N) is 1. The van der Waals surface area contributed by atoms with Crippen molar-refractivity contribution in [2.75, 3.05) is 0 Å². The predicted molar refractivity (Wildman–Crippen MR) is 77.7 cm³/mol. The van der Waals surface area contributed by atoms with Gasteiger partial charge in [-0.3, -0.25) is 4.79 Å². The highest BCUT2D eigenvalue weighted by atomic mass is 35.5. The van der Waals surface area contributed by atoms with Crippen LogP contribution in [0.5, 0.6) is 0 Å². The van der Waals surface area contributed by atoms with Crippen LogP contribution < -0.4 is 5.32 Å². The van der Waals surface area contributed by atoms with Gasteiger partial charge in [0.1, 0.15) is 5.15 Å². The molecule has 4 heteroatoms. The third-order valence-electron chi connectivity index (χ3n) is 4.03. The van der Waals surface area contributed by atoms with Crippen molar-refractivity contribution in [2.24, 2.45) is 0 Å². The summed E-state index contributed by atoms with van der Waals surface area (Å²) >= 11 is 6.00. The number of carbonyl (C=O) groups is 1. The molecule has 3 nitrogen and oxygen atoms in total. The van der Waals surface area contributed by atoms with E-state index in [1.807, 2.05) is 19.9 Å². The maximum Gasteiger partial charge on any atom is 0.251 e. The quantitative estimate of drug-likeness (QED) is 0.850. The third-order valence-corrected chi connectivity index (χ3v) is 4.23. The van der Waals surface area contributed by atoms with Gasteiger partial charge < -0.3 is 5.32 Å². The maximum atomic E-state index is 12.3. The Morgan fingerprint density at radius 2 is 2.16 bits per heavy atom. The Labute approximate surface area is 119 Å². The van der Waals surface area contributed by atoms with Gasteiger partial charge in [-0.05, 0) is 43.7 Å². The summed E-state index contributed by atoms with van der Waals surface area (Å²) in [4.78, 5) is 16.6. The first-order valence-corrected chi connectivity index (χ1v) is 7.33. The van der Waals surface area contributed by atoms with E-state index >= 15 is 0 Å². The second-order valence-corrected chi connectivity index (χ2v) is 6.09. The number of rotatable bonds is 4. The van der Waals surface area contributed by atoms with Gasteiger partial charge in [-0.1, -0.05) is 32.4 Å². The summed E-state index contributed by atoms with van der Waals surface area (Å²) in [6.07, 6.45) is 4.33. The van der Waals surface area contributed by atoms with Gasteiger partial charge in [0.05, 0.1) is 0 Å². The number of carbonyl (C=O) groups excluding carboxylic acids is 1. The molecule has 1 saturated carbocycles. The second-order valence-electron chi connectivity index (χ2n) is 5.70. The summed E-state index contributed by atoms with van der Waals surface area (Å²) in [6, 6.07) is 3.48. The molecule has 1 aromatic rings. The van der Waals surface area contributed by atoms with Crippen LogP contribution in [-0.2, 0) is 0 Å². The van der Waals surface area contributed by atoms with Crippen LogP contribution in [0.1, 0.15) is 68.4 Å². The summed E-state index contributed by atoms with van der Waals surface area (Å²) in [5.74, 6) is 0.224. The third kappa shape index (κ3) is 3.08. The van der Waals surface area contributed by atoms with E-state index in [4.69, 9.17) is 11.6 Å². The van der Waals surface area contributed by atoms with Crippen LogP contribution in [0.25, 0.3) is 0 Å². The number of nitrogens with zero attached hydrogens (tertiary/aromatic N) is 1. The minimum atomic E-state index is -0.0345. The van der Waals surface area contributed by atoms with Crippen molar-refractivity contribution in [3.8, 4) is 0 Å². The normalized spacial score (nSPS) is 17.1. The van der Waals surface area contributed by atoms with Gasteiger partial charge in [0.2, 0.25) is 0 Å². The zero-order chi connectivity index (χ0) is 14.0. The summed E-state index contributed by atoms with van der Waals surface area (Å²) < 4.78 is 0. The van der Waals surface area contributed by atoms with Gasteiger partial charge in [-0.2, -0.15) is 0 Å². The highest BCUT2D eigenvalue weighted by molar-refractivity contribution is 6.29. The lowest BCUT2D eigenvalue weighted by Gasteiger charge is -2.42. The Hall–Kier alpha value is -1.09. The Kier molecular flexibility index (Phi) is 4.14. The molecule has 1 aromatic heterocycles. The lowest BCUT2D eigenvalue weighted by molar-refractivity contribution is 0.0820. The van der Waals surface area contributed by atoms with Crippen molar-refractivity contribution in [3.05, 3.63) is 28.5 Å². The predicted octanol–water partition coefficient (Wildman–Crippen LogP) is 3.92. The van der Waals surface area contributed by atoms with Gasteiger partial charge in [-0.25, -0.2) is 4.98 Å². The molecule has 1 N–H and O–H groups in total. The Bertz CT molecular complexity index is 476. The SMILES string of the molecule is CCC1(NC(=O)c2cc(Cl)nc(C(C)C)c2)CCC1. The number of hydrogen-bond acceptors (Lipinski definition) is 2. The molecule has 1 fully saturated rings. The molecule has 0 unspecified atom stereocenters. The van der Waals surface area contributed by atoms with Crippen molar-refractivity contribution < 1.29 is 4.79 Å². The van der Waals surface area contributed by atoms with Crippen LogP contribution in [0.3, 0.4) is 0 Å². The lowest BCUT2D eigenvalue weighted by Crippen LogP contribution is -2.53.